The van der Waals surface area contributed by atoms with Crippen molar-refractivity contribution in [3.05, 3.63) is 54.6 Å². The highest BCUT2D eigenvalue weighted by molar-refractivity contribution is 5.82. The minimum absolute atomic E-state index is 0.402. The van der Waals surface area contributed by atoms with Gasteiger partial charge in [0.2, 0.25) is 0 Å². The molecule has 0 aliphatic rings. The average molecular weight is 285 g/mol. The van der Waals surface area contributed by atoms with Crippen LogP contribution in [0.5, 0.6) is 17.2 Å². The number of rotatable bonds is 7. The van der Waals surface area contributed by atoms with E-state index in [2.05, 4.69) is 5.16 Å². The summed E-state index contributed by atoms with van der Waals surface area (Å²) in [6.45, 7) is 4.72. The highest BCUT2D eigenvalue weighted by Crippen LogP contribution is 2.23. The lowest BCUT2D eigenvalue weighted by molar-refractivity contribution is 0.156. The van der Waals surface area contributed by atoms with Crippen LogP contribution < -0.4 is 9.47 Å². The van der Waals surface area contributed by atoms with Crippen LogP contribution in [0, 0.1) is 0 Å². The lowest BCUT2D eigenvalue weighted by atomic mass is 10.3. The summed E-state index contributed by atoms with van der Waals surface area (Å²) < 4.78 is 11.3. The van der Waals surface area contributed by atoms with Crippen LogP contribution in [0.2, 0.25) is 0 Å². The van der Waals surface area contributed by atoms with Gasteiger partial charge in [0, 0.05) is 0 Å². The van der Waals surface area contributed by atoms with Crippen LogP contribution in [0.4, 0.5) is 0 Å². The lowest BCUT2D eigenvalue weighted by Gasteiger charge is -2.08. The van der Waals surface area contributed by atoms with Gasteiger partial charge in [-0.1, -0.05) is 23.4 Å². The van der Waals surface area contributed by atoms with E-state index in [4.69, 9.17) is 14.3 Å². The van der Waals surface area contributed by atoms with Crippen LogP contribution in [0.15, 0.2) is 59.8 Å². The predicted octanol–water partition coefficient (Wildman–Crippen LogP) is 4.27. The summed E-state index contributed by atoms with van der Waals surface area (Å²) in [5, 5.41) is 3.90. The predicted molar refractivity (Wildman–Crippen MR) is 83.2 cm³/mol. The topological polar surface area (TPSA) is 40.0 Å². The molecule has 0 atom stereocenters. The number of ether oxygens (including phenoxy) is 2. The second kappa shape index (κ2) is 7.94. The Hall–Kier alpha value is -2.49. The summed E-state index contributed by atoms with van der Waals surface area (Å²) in [5.41, 5.74) is 0.793. The van der Waals surface area contributed by atoms with Crippen molar-refractivity contribution < 1.29 is 14.3 Å². The monoisotopic (exact) mass is 285 g/mol. The molecule has 0 aliphatic heterocycles. The van der Waals surface area contributed by atoms with Crippen LogP contribution in [0.25, 0.3) is 0 Å². The first kappa shape index (κ1) is 14.9. The van der Waals surface area contributed by atoms with Gasteiger partial charge in [-0.25, -0.2) is 0 Å². The molecule has 4 heteroatoms. The molecule has 0 bridgehead atoms. The van der Waals surface area contributed by atoms with Gasteiger partial charge in [0.15, 0.2) is 0 Å². The largest absolute Gasteiger partial charge is 0.488 e. The maximum absolute atomic E-state index is 5.71. The van der Waals surface area contributed by atoms with E-state index in [9.17, 15) is 0 Å². The molecule has 110 valence electrons. The summed E-state index contributed by atoms with van der Waals surface area (Å²) >= 11 is 0. The SMILES string of the molecule is CCO/N=C(\C)COc1ccc(Oc2ccccc2)cc1. The van der Waals surface area contributed by atoms with Crippen molar-refractivity contribution in [2.24, 2.45) is 5.16 Å². The second-order valence-corrected chi connectivity index (χ2v) is 4.42. The Kier molecular flexibility index (Phi) is 5.64. The number of para-hydroxylation sites is 1. The van der Waals surface area contributed by atoms with Gasteiger partial charge >= 0.3 is 0 Å². The van der Waals surface area contributed by atoms with Crippen molar-refractivity contribution in [1.82, 2.24) is 0 Å². The normalized spacial score (nSPS) is 11.0. The third-order valence-corrected chi connectivity index (χ3v) is 2.60. The Morgan fingerprint density at radius 3 is 2.19 bits per heavy atom. The lowest BCUT2D eigenvalue weighted by Crippen LogP contribution is -2.08. The molecule has 0 N–H and O–H groups in total. The molecular weight excluding hydrogens is 266 g/mol. The molecule has 0 aliphatic carbocycles. The molecule has 2 aromatic carbocycles. The molecule has 2 rings (SSSR count). The number of oxime groups is 1. The van der Waals surface area contributed by atoms with E-state index in [-0.39, 0.29) is 0 Å². The van der Waals surface area contributed by atoms with Gasteiger partial charge in [0.1, 0.15) is 30.5 Å². The molecule has 0 spiro atoms. The van der Waals surface area contributed by atoms with E-state index in [1.54, 1.807) is 0 Å². The van der Waals surface area contributed by atoms with Gasteiger partial charge in [-0.15, -0.1) is 0 Å². The molecule has 0 aromatic heterocycles. The highest BCUT2D eigenvalue weighted by atomic mass is 16.6. The Morgan fingerprint density at radius 2 is 1.52 bits per heavy atom. The maximum atomic E-state index is 5.71. The minimum Gasteiger partial charge on any atom is -0.488 e. The van der Waals surface area contributed by atoms with Crippen molar-refractivity contribution in [3.63, 3.8) is 0 Å². The fourth-order valence-corrected chi connectivity index (χ4v) is 1.62. The molecule has 2 aromatic rings. The number of benzene rings is 2. The molecule has 0 unspecified atom stereocenters. The Labute approximate surface area is 125 Å². The van der Waals surface area contributed by atoms with E-state index < -0.39 is 0 Å². The molecule has 0 heterocycles. The average Bonchev–Trinajstić information content (AvgIpc) is 2.53. The minimum atomic E-state index is 0.402. The molecule has 0 amide bonds. The molecule has 0 fully saturated rings. The van der Waals surface area contributed by atoms with Gasteiger partial charge < -0.3 is 14.3 Å². The summed E-state index contributed by atoms with van der Waals surface area (Å²) in [4.78, 5) is 4.96. The van der Waals surface area contributed by atoms with E-state index in [0.717, 1.165) is 23.0 Å². The van der Waals surface area contributed by atoms with Crippen LogP contribution in [-0.2, 0) is 4.84 Å². The zero-order chi connectivity index (χ0) is 14.9. The van der Waals surface area contributed by atoms with Crippen molar-refractivity contribution >= 4 is 5.71 Å². The number of hydrogen-bond donors (Lipinski definition) is 0. The van der Waals surface area contributed by atoms with E-state index in [1.807, 2.05) is 68.4 Å². The first-order valence-corrected chi connectivity index (χ1v) is 6.89. The number of nitrogens with zero attached hydrogens (tertiary/aromatic N) is 1. The van der Waals surface area contributed by atoms with Crippen LogP contribution >= 0.6 is 0 Å². The third kappa shape index (κ3) is 5.18. The second-order valence-electron chi connectivity index (χ2n) is 4.42. The van der Waals surface area contributed by atoms with Crippen molar-refractivity contribution in [3.8, 4) is 17.2 Å². The molecule has 0 saturated heterocycles. The van der Waals surface area contributed by atoms with Crippen LogP contribution in [-0.4, -0.2) is 18.9 Å². The van der Waals surface area contributed by atoms with Gasteiger partial charge in [-0.05, 0) is 50.2 Å². The Balaban J connectivity index is 1.87. The van der Waals surface area contributed by atoms with Gasteiger partial charge in [-0.3, -0.25) is 0 Å². The Bertz CT molecular complexity index is 564. The van der Waals surface area contributed by atoms with Crippen LogP contribution in [0.1, 0.15) is 13.8 Å². The standard InChI is InChI=1S/C17H19NO3/c1-3-20-18-14(2)13-19-15-9-11-17(12-10-15)21-16-7-5-4-6-8-16/h4-12H,3,13H2,1-2H3/b18-14+. The highest BCUT2D eigenvalue weighted by Gasteiger charge is 1.99. The van der Waals surface area contributed by atoms with Gasteiger partial charge in [0.05, 0.1) is 5.71 Å². The number of hydrogen-bond acceptors (Lipinski definition) is 4. The maximum Gasteiger partial charge on any atom is 0.129 e. The summed E-state index contributed by atoms with van der Waals surface area (Å²) in [6, 6.07) is 17.1. The molecule has 4 nitrogen and oxygen atoms in total. The zero-order valence-corrected chi connectivity index (χ0v) is 12.3. The molecule has 0 radical (unpaired) electrons. The fourth-order valence-electron chi connectivity index (χ4n) is 1.62. The zero-order valence-electron chi connectivity index (χ0n) is 12.3. The molecular formula is C17H19NO3. The summed E-state index contributed by atoms with van der Waals surface area (Å²) in [6.07, 6.45) is 0. The molecule has 21 heavy (non-hydrogen) atoms. The van der Waals surface area contributed by atoms with Crippen molar-refractivity contribution in [2.45, 2.75) is 13.8 Å². The van der Waals surface area contributed by atoms with Gasteiger partial charge in [-0.2, -0.15) is 0 Å². The van der Waals surface area contributed by atoms with Crippen LogP contribution in [0.3, 0.4) is 0 Å². The first-order valence-electron chi connectivity index (χ1n) is 6.89. The summed E-state index contributed by atoms with van der Waals surface area (Å²) in [5.74, 6) is 2.35. The van der Waals surface area contributed by atoms with E-state index in [1.165, 1.54) is 0 Å². The van der Waals surface area contributed by atoms with Crippen molar-refractivity contribution in [2.75, 3.05) is 13.2 Å². The fraction of sp³-hybridized carbons (Fsp3) is 0.235. The van der Waals surface area contributed by atoms with E-state index in [0.29, 0.717) is 13.2 Å². The smallest absolute Gasteiger partial charge is 0.129 e. The molecule has 0 saturated carbocycles. The van der Waals surface area contributed by atoms with E-state index >= 15 is 0 Å². The third-order valence-electron chi connectivity index (χ3n) is 2.60. The Morgan fingerprint density at radius 1 is 0.905 bits per heavy atom. The van der Waals surface area contributed by atoms with Crippen molar-refractivity contribution in [1.29, 1.82) is 0 Å². The van der Waals surface area contributed by atoms with Gasteiger partial charge in [0.25, 0.3) is 0 Å². The quantitative estimate of drug-likeness (QED) is 0.563. The first-order chi connectivity index (χ1) is 10.3. The summed E-state index contributed by atoms with van der Waals surface area (Å²) in [7, 11) is 0.